The number of allylic oxidation sites excluding steroid dienone is 5. The van der Waals surface area contributed by atoms with Crippen LogP contribution >= 0.6 is 0 Å². The summed E-state index contributed by atoms with van der Waals surface area (Å²) in [6.45, 7) is 13.4. The summed E-state index contributed by atoms with van der Waals surface area (Å²) in [5, 5.41) is 8.69. The van der Waals surface area contributed by atoms with Crippen molar-refractivity contribution in [2.75, 3.05) is 0 Å². The number of hydrogen-bond acceptors (Lipinski definition) is 2. The van der Waals surface area contributed by atoms with Crippen molar-refractivity contribution < 1.29 is 14.3 Å². The predicted molar refractivity (Wildman–Crippen MR) is 124 cm³/mol. The number of hydrogen-bond donors (Lipinski definition) is 1. The standard InChI is InChI=1S/C24H42O3Si/c1-7-21(5)17-13-11-14-18-22(6)23(19-15-12-16-20-24(25)26)27-28(8-2,9-3)10-4/h11-12,14-16,18,20-21,23H,7-10,13,17,19H2,1-6H3,(H,25,26)/b14-11+,15-12+,20-16+,22-18+/t21-,23-/m0/s1. The summed E-state index contributed by atoms with van der Waals surface area (Å²) in [5.74, 6) is -0.148. The van der Waals surface area contributed by atoms with Gasteiger partial charge in [-0.2, -0.15) is 0 Å². The quantitative estimate of drug-likeness (QED) is 0.176. The zero-order chi connectivity index (χ0) is 21.4. The highest BCUT2D eigenvalue weighted by molar-refractivity contribution is 6.73. The van der Waals surface area contributed by atoms with Gasteiger partial charge in [0, 0.05) is 6.08 Å². The van der Waals surface area contributed by atoms with Crippen LogP contribution in [0.15, 0.2) is 48.1 Å². The van der Waals surface area contributed by atoms with E-state index in [9.17, 15) is 4.79 Å². The van der Waals surface area contributed by atoms with Gasteiger partial charge in [0.1, 0.15) is 0 Å². The fourth-order valence-corrected chi connectivity index (χ4v) is 5.94. The second-order valence-corrected chi connectivity index (χ2v) is 12.4. The molecular formula is C24H42O3Si. The fourth-order valence-electron chi connectivity index (χ4n) is 3.06. The van der Waals surface area contributed by atoms with Crippen LogP contribution in [-0.4, -0.2) is 25.5 Å². The second-order valence-electron chi connectivity index (χ2n) is 7.64. The molecule has 0 aromatic carbocycles. The molecule has 0 bridgehead atoms. The molecule has 0 aliphatic rings. The van der Waals surface area contributed by atoms with Crippen molar-refractivity contribution in [3.8, 4) is 0 Å². The molecule has 0 radical (unpaired) electrons. The Labute approximate surface area is 174 Å². The first kappa shape index (κ1) is 26.6. The Balaban J connectivity index is 5.15. The topological polar surface area (TPSA) is 46.5 Å². The lowest BCUT2D eigenvalue weighted by Crippen LogP contribution is -2.40. The maximum atomic E-state index is 10.6. The lowest BCUT2D eigenvalue weighted by molar-refractivity contribution is -0.131. The molecule has 0 rings (SSSR count). The summed E-state index contributed by atoms with van der Waals surface area (Å²) >= 11 is 0. The first-order valence-corrected chi connectivity index (χ1v) is 13.4. The van der Waals surface area contributed by atoms with E-state index in [1.165, 1.54) is 18.4 Å². The van der Waals surface area contributed by atoms with Crippen LogP contribution in [0.5, 0.6) is 0 Å². The van der Waals surface area contributed by atoms with Gasteiger partial charge in [0.05, 0.1) is 6.10 Å². The third-order valence-corrected chi connectivity index (χ3v) is 10.3. The van der Waals surface area contributed by atoms with E-state index in [1.807, 2.05) is 6.08 Å². The highest BCUT2D eigenvalue weighted by Gasteiger charge is 2.32. The Morgan fingerprint density at radius 1 is 1.04 bits per heavy atom. The van der Waals surface area contributed by atoms with Crippen LogP contribution in [0, 0.1) is 5.92 Å². The molecule has 0 saturated carbocycles. The van der Waals surface area contributed by atoms with Gasteiger partial charge in [0.2, 0.25) is 0 Å². The van der Waals surface area contributed by atoms with Crippen molar-refractivity contribution in [3.05, 3.63) is 48.1 Å². The fraction of sp³-hybridized carbons (Fsp3) is 0.625. The minimum absolute atomic E-state index is 0.0558. The van der Waals surface area contributed by atoms with Gasteiger partial charge in [0.25, 0.3) is 0 Å². The molecule has 0 aliphatic carbocycles. The molecule has 0 unspecified atom stereocenters. The lowest BCUT2D eigenvalue weighted by Gasteiger charge is -2.33. The molecule has 0 amide bonds. The number of carbonyl (C=O) groups is 1. The molecule has 1 N–H and O–H groups in total. The average Bonchev–Trinajstić information content (AvgIpc) is 2.69. The molecule has 0 aromatic heterocycles. The van der Waals surface area contributed by atoms with E-state index in [0.717, 1.165) is 43.0 Å². The Morgan fingerprint density at radius 3 is 2.21 bits per heavy atom. The number of carboxylic acids is 1. The Bertz CT molecular complexity index is 534. The van der Waals surface area contributed by atoms with Crippen molar-refractivity contribution in [2.45, 2.75) is 91.5 Å². The maximum Gasteiger partial charge on any atom is 0.328 e. The number of rotatable bonds is 15. The van der Waals surface area contributed by atoms with E-state index in [2.05, 4.69) is 59.8 Å². The highest BCUT2D eigenvalue weighted by Crippen LogP contribution is 2.27. The third kappa shape index (κ3) is 11.5. The van der Waals surface area contributed by atoms with Gasteiger partial charge in [-0.05, 0) is 55.8 Å². The highest BCUT2D eigenvalue weighted by atomic mass is 28.4. The summed E-state index contributed by atoms with van der Waals surface area (Å²) in [6.07, 6.45) is 17.5. The maximum absolute atomic E-state index is 10.6. The second kappa shape index (κ2) is 15.5. The lowest BCUT2D eigenvalue weighted by atomic mass is 10.0. The van der Waals surface area contributed by atoms with Crippen LogP contribution in [0.1, 0.15) is 67.2 Å². The average molecular weight is 407 g/mol. The van der Waals surface area contributed by atoms with Crippen molar-refractivity contribution in [3.63, 3.8) is 0 Å². The first-order valence-electron chi connectivity index (χ1n) is 10.9. The number of carboxylic acid groups (broad SMARTS) is 1. The number of aliphatic carboxylic acids is 1. The molecule has 0 heterocycles. The van der Waals surface area contributed by atoms with Crippen LogP contribution < -0.4 is 0 Å². The van der Waals surface area contributed by atoms with E-state index in [4.69, 9.17) is 9.53 Å². The molecular weight excluding hydrogens is 364 g/mol. The van der Waals surface area contributed by atoms with Crippen molar-refractivity contribution in [2.24, 2.45) is 5.92 Å². The Morgan fingerprint density at radius 2 is 1.68 bits per heavy atom. The van der Waals surface area contributed by atoms with E-state index in [1.54, 1.807) is 12.2 Å². The SMILES string of the molecule is CC[C@H](C)CC/C=C/C=C(\C)[C@H](C/C=C/C=C/C(=O)O)O[Si](CC)(CC)CC. The third-order valence-electron chi connectivity index (χ3n) is 5.69. The van der Waals surface area contributed by atoms with E-state index in [0.29, 0.717) is 0 Å². The van der Waals surface area contributed by atoms with Gasteiger partial charge in [-0.1, -0.05) is 77.5 Å². The van der Waals surface area contributed by atoms with Gasteiger partial charge in [-0.3, -0.25) is 0 Å². The molecule has 160 valence electrons. The van der Waals surface area contributed by atoms with Gasteiger partial charge in [-0.25, -0.2) is 4.79 Å². The monoisotopic (exact) mass is 406 g/mol. The normalized spacial score (nSPS) is 15.7. The molecule has 0 aromatic rings. The predicted octanol–water partition coefficient (Wildman–Crippen LogP) is 7.29. The molecule has 0 aliphatic heterocycles. The molecule has 0 fully saturated rings. The Hall–Kier alpha value is -1.39. The van der Waals surface area contributed by atoms with Gasteiger partial charge in [-0.15, -0.1) is 0 Å². The summed E-state index contributed by atoms with van der Waals surface area (Å²) < 4.78 is 6.73. The van der Waals surface area contributed by atoms with Gasteiger partial charge >= 0.3 is 5.97 Å². The van der Waals surface area contributed by atoms with Crippen molar-refractivity contribution in [1.29, 1.82) is 0 Å². The first-order chi connectivity index (χ1) is 13.3. The largest absolute Gasteiger partial charge is 0.478 e. The molecule has 28 heavy (non-hydrogen) atoms. The van der Waals surface area contributed by atoms with Crippen LogP contribution in [0.2, 0.25) is 18.1 Å². The molecule has 2 atom stereocenters. The van der Waals surface area contributed by atoms with Crippen LogP contribution in [0.25, 0.3) is 0 Å². The molecule has 0 spiro atoms. The summed E-state index contributed by atoms with van der Waals surface area (Å²) in [4.78, 5) is 10.6. The van der Waals surface area contributed by atoms with Crippen LogP contribution in [-0.2, 0) is 9.22 Å². The summed E-state index contributed by atoms with van der Waals surface area (Å²) in [6, 6.07) is 3.37. The molecule has 0 saturated heterocycles. The molecule has 3 nitrogen and oxygen atoms in total. The van der Waals surface area contributed by atoms with Crippen molar-refractivity contribution in [1.82, 2.24) is 0 Å². The Kier molecular flexibility index (Phi) is 14.7. The van der Waals surface area contributed by atoms with E-state index < -0.39 is 14.3 Å². The summed E-state index contributed by atoms with van der Waals surface area (Å²) in [7, 11) is -1.71. The minimum atomic E-state index is -1.71. The van der Waals surface area contributed by atoms with Gasteiger partial charge in [0.15, 0.2) is 8.32 Å². The summed E-state index contributed by atoms with van der Waals surface area (Å²) in [5.41, 5.74) is 1.24. The van der Waals surface area contributed by atoms with Crippen LogP contribution in [0.3, 0.4) is 0 Å². The molecule has 4 heteroatoms. The van der Waals surface area contributed by atoms with Gasteiger partial charge < -0.3 is 9.53 Å². The van der Waals surface area contributed by atoms with Crippen molar-refractivity contribution >= 4 is 14.3 Å². The smallest absolute Gasteiger partial charge is 0.328 e. The zero-order valence-corrected chi connectivity index (χ0v) is 19.9. The zero-order valence-electron chi connectivity index (χ0n) is 18.9. The van der Waals surface area contributed by atoms with Crippen LogP contribution in [0.4, 0.5) is 0 Å². The minimum Gasteiger partial charge on any atom is -0.478 e. The van der Waals surface area contributed by atoms with E-state index >= 15 is 0 Å². The van der Waals surface area contributed by atoms with E-state index in [-0.39, 0.29) is 6.10 Å².